The summed E-state index contributed by atoms with van der Waals surface area (Å²) in [6, 6.07) is -0.149. The molecule has 0 saturated carbocycles. The summed E-state index contributed by atoms with van der Waals surface area (Å²) in [4.78, 5) is 6.38. The number of hydrogen-bond donors (Lipinski definition) is 0. The summed E-state index contributed by atoms with van der Waals surface area (Å²) in [5.41, 5.74) is 0.929. The largest absolute Gasteiger partial charge is 0.304 e. The normalized spacial score (nSPS) is 14.3. The Kier molecular flexibility index (Phi) is 6.32. The van der Waals surface area contributed by atoms with Crippen molar-refractivity contribution in [2.75, 3.05) is 27.7 Å². The highest BCUT2D eigenvalue weighted by atomic mass is 15.1. The molecule has 0 aromatic rings. The third-order valence-corrected chi connectivity index (χ3v) is 1.78. The molecule has 0 heterocycles. The first-order chi connectivity index (χ1) is 7.02. The van der Waals surface area contributed by atoms with Gasteiger partial charge in [0.25, 0.3) is 6.04 Å². The molecular formula is C12H20N3+. The van der Waals surface area contributed by atoms with Crippen molar-refractivity contribution >= 4 is 12.4 Å². The monoisotopic (exact) mass is 206 g/mol. The Balaban J connectivity index is 4.92. The zero-order valence-electron chi connectivity index (χ0n) is 10.1. The van der Waals surface area contributed by atoms with Crippen LogP contribution in [-0.2, 0) is 0 Å². The summed E-state index contributed by atoms with van der Waals surface area (Å²) < 4.78 is 1.74. The predicted octanol–water partition coefficient (Wildman–Crippen LogP) is 0.867. The van der Waals surface area contributed by atoms with Crippen LogP contribution in [0.15, 0.2) is 17.3 Å². The van der Waals surface area contributed by atoms with E-state index >= 15 is 0 Å². The molecule has 0 rings (SSSR count). The lowest BCUT2D eigenvalue weighted by molar-refractivity contribution is -0.496. The first kappa shape index (κ1) is 13.6. The molecule has 0 aromatic carbocycles. The molecule has 0 aliphatic carbocycles. The number of rotatable bonds is 5. The van der Waals surface area contributed by atoms with Crippen molar-refractivity contribution in [1.82, 2.24) is 4.90 Å². The second kappa shape index (κ2) is 6.97. The average Bonchev–Trinajstić information content (AvgIpc) is 2.13. The van der Waals surface area contributed by atoms with E-state index in [-0.39, 0.29) is 6.04 Å². The minimum Gasteiger partial charge on any atom is -0.304 e. The molecule has 3 nitrogen and oxygen atoms in total. The Morgan fingerprint density at radius 1 is 1.67 bits per heavy atom. The van der Waals surface area contributed by atoms with Crippen molar-refractivity contribution in [3.8, 4) is 12.3 Å². The zero-order valence-corrected chi connectivity index (χ0v) is 10.1. The minimum atomic E-state index is -0.149. The Hall–Kier alpha value is -1.40. The molecule has 0 spiro atoms. The molecular weight excluding hydrogens is 186 g/mol. The quantitative estimate of drug-likeness (QED) is 0.371. The fourth-order valence-electron chi connectivity index (χ4n) is 1.17. The second-order valence-corrected chi connectivity index (χ2v) is 3.67. The number of aliphatic imine (C=N–C) groups is 1. The van der Waals surface area contributed by atoms with Gasteiger partial charge in [0.05, 0.1) is 0 Å². The molecule has 1 atom stereocenters. The fourth-order valence-corrected chi connectivity index (χ4v) is 1.17. The molecule has 0 amide bonds. The molecule has 0 aliphatic heterocycles. The Morgan fingerprint density at radius 3 is 2.60 bits per heavy atom. The molecule has 3 heteroatoms. The maximum Gasteiger partial charge on any atom is 0.252 e. The molecule has 82 valence electrons. The second-order valence-electron chi connectivity index (χ2n) is 3.67. The van der Waals surface area contributed by atoms with Gasteiger partial charge >= 0.3 is 0 Å². The van der Waals surface area contributed by atoms with Crippen molar-refractivity contribution in [3.05, 3.63) is 12.3 Å². The summed E-state index contributed by atoms with van der Waals surface area (Å²) >= 11 is 0. The molecule has 0 saturated heterocycles. The van der Waals surface area contributed by atoms with Crippen LogP contribution in [0.4, 0.5) is 0 Å². The lowest BCUT2D eigenvalue weighted by Gasteiger charge is -2.14. The summed E-state index contributed by atoms with van der Waals surface area (Å²) in [6.45, 7) is 6.47. The lowest BCUT2D eigenvalue weighted by atomic mass is 10.1. The van der Waals surface area contributed by atoms with E-state index in [1.165, 1.54) is 0 Å². The van der Waals surface area contributed by atoms with Crippen LogP contribution in [0.5, 0.6) is 0 Å². The average molecular weight is 206 g/mol. The maximum atomic E-state index is 5.47. The number of nitrogens with zero attached hydrogens (tertiary/aromatic N) is 3. The highest BCUT2D eigenvalue weighted by molar-refractivity contribution is 5.93. The number of hydrogen-bond acceptors (Lipinski definition) is 2. The smallest absolute Gasteiger partial charge is 0.252 e. The van der Waals surface area contributed by atoms with E-state index < -0.39 is 0 Å². The highest BCUT2D eigenvalue weighted by Crippen LogP contribution is 1.96. The van der Waals surface area contributed by atoms with Crippen LogP contribution in [-0.4, -0.2) is 55.6 Å². The summed E-state index contributed by atoms with van der Waals surface area (Å²) in [7, 11) is 5.83. The van der Waals surface area contributed by atoms with Gasteiger partial charge in [-0.2, -0.15) is 0 Å². The summed E-state index contributed by atoms with van der Waals surface area (Å²) in [6.07, 6.45) is 9.10. The van der Waals surface area contributed by atoms with Crippen LogP contribution in [0, 0.1) is 12.3 Å². The molecule has 0 bridgehead atoms. The molecule has 0 aliphatic rings. The third-order valence-electron chi connectivity index (χ3n) is 1.78. The standard InChI is InChI=1S/C12H20N3/c1-7-9-13-11(10-14(3)4)12(8-2)15(5)6/h2,7,9,12H,5,10H2,1,3-4,6H3/q+1. The Labute approximate surface area is 92.8 Å². The predicted molar refractivity (Wildman–Crippen MR) is 66.7 cm³/mol. The molecule has 1 unspecified atom stereocenters. The first-order valence-electron chi connectivity index (χ1n) is 4.84. The van der Waals surface area contributed by atoms with E-state index in [0.717, 1.165) is 12.3 Å². The topological polar surface area (TPSA) is 18.6 Å². The van der Waals surface area contributed by atoms with Crippen LogP contribution < -0.4 is 0 Å². The lowest BCUT2D eigenvalue weighted by Crippen LogP contribution is -2.36. The molecule has 0 N–H and O–H groups in total. The van der Waals surface area contributed by atoms with Gasteiger partial charge in [-0.15, -0.1) is 6.42 Å². The van der Waals surface area contributed by atoms with Crippen LogP contribution >= 0.6 is 0 Å². The summed E-state index contributed by atoms with van der Waals surface area (Å²) in [5, 5.41) is 0. The maximum absolute atomic E-state index is 5.47. The van der Waals surface area contributed by atoms with Crippen molar-refractivity contribution < 1.29 is 4.58 Å². The van der Waals surface area contributed by atoms with Gasteiger partial charge < -0.3 is 4.90 Å². The first-order valence-corrected chi connectivity index (χ1v) is 4.84. The van der Waals surface area contributed by atoms with Gasteiger partial charge in [0.1, 0.15) is 19.5 Å². The van der Waals surface area contributed by atoms with Crippen molar-refractivity contribution in [3.63, 3.8) is 0 Å². The van der Waals surface area contributed by atoms with Crippen molar-refractivity contribution in [2.45, 2.75) is 13.0 Å². The van der Waals surface area contributed by atoms with E-state index in [1.54, 1.807) is 10.8 Å². The van der Waals surface area contributed by atoms with Gasteiger partial charge in [-0.3, -0.25) is 4.99 Å². The van der Waals surface area contributed by atoms with E-state index in [4.69, 9.17) is 6.42 Å². The molecule has 0 aromatic heterocycles. The van der Waals surface area contributed by atoms with E-state index in [1.807, 2.05) is 39.0 Å². The van der Waals surface area contributed by atoms with Gasteiger partial charge in [-0.25, -0.2) is 4.58 Å². The van der Waals surface area contributed by atoms with E-state index in [0.29, 0.717) is 0 Å². The van der Waals surface area contributed by atoms with Gasteiger partial charge in [0.2, 0.25) is 0 Å². The fraction of sp³-hybridized carbons (Fsp3) is 0.500. The van der Waals surface area contributed by atoms with Gasteiger partial charge in [0, 0.05) is 12.7 Å². The van der Waals surface area contributed by atoms with Gasteiger partial charge in [0.15, 0.2) is 0 Å². The molecule has 0 radical (unpaired) electrons. The van der Waals surface area contributed by atoms with E-state index in [2.05, 4.69) is 17.6 Å². The van der Waals surface area contributed by atoms with Crippen LogP contribution in [0.3, 0.4) is 0 Å². The van der Waals surface area contributed by atoms with Gasteiger partial charge in [-0.05, 0) is 26.9 Å². The summed E-state index contributed by atoms with van der Waals surface area (Å²) in [5.74, 6) is 2.69. The molecule has 0 fully saturated rings. The Bertz CT molecular complexity index is 305. The zero-order chi connectivity index (χ0) is 11.8. The van der Waals surface area contributed by atoms with Crippen molar-refractivity contribution in [2.24, 2.45) is 4.99 Å². The molecule has 15 heavy (non-hydrogen) atoms. The van der Waals surface area contributed by atoms with Crippen LogP contribution in [0.2, 0.25) is 0 Å². The van der Waals surface area contributed by atoms with Gasteiger partial charge in [-0.1, -0.05) is 6.08 Å². The number of allylic oxidation sites excluding steroid dienone is 1. The highest BCUT2D eigenvalue weighted by Gasteiger charge is 2.20. The van der Waals surface area contributed by atoms with E-state index in [9.17, 15) is 0 Å². The Morgan fingerprint density at radius 2 is 2.27 bits per heavy atom. The SMILES string of the molecule is C#CC(C(CN(C)C)=NC=CC)[N+](=C)C. The minimum absolute atomic E-state index is 0.149. The van der Waals surface area contributed by atoms with Crippen molar-refractivity contribution in [1.29, 1.82) is 0 Å². The van der Waals surface area contributed by atoms with Crippen LogP contribution in [0.25, 0.3) is 0 Å². The third kappa shape index (κ3) is 5.14. The number of terminal acetylenes is 1. The van der Waals surface area contributed by atoms with Crippen LogP contribution in [0.1, 0.15) is 6.92 Å².